The van der Waals surface area contributed by atoms with E-state index in [9.17, 15) is 8.42 Å². The van der Waals surface area contributed by atoms with Crippen LogP contribution in [0.2, 0.25) is 0 Å². The lowest BCUT2D eigenvalue weighted by Crippen LogP contribution is -2.14. The minimum Gasteiger partial charge on any atom is -0.267 e. The van der Waals surface area contributed by atoms with E-state index in [2.05, 4.69) is 6.07 Å². The average molecular weight is 242 g/mol. The summed E-state index contributed by atoms with van der Waals surface area (Å²) in [7, 11) is -3.34. The van der Waals surface area contributed by atoms with Crippen molar-refractivity contribution in [3.05, 3.63) is 35.4 Å². The lowest BCUT2D eigenvalue weighted by Gasteiger charge is -2.10. The third-order valence-electron chi connectivity index (χ3n) is 2.26. The van der Waals surface area contributed by atoms with Gasteiger partial charge >= 0.3 is 0 Å². The van der Waals surface area contributed by atoms with Gasteiger partial charge in [-0.2, -0.15) is 8.42 Å². The summed E-state index contributed by atoms with van der Waals surface area (Å²) in [6.07, 6.45) is 2.35. The predicted octanol–water partition coefficient (Wildman–Crippen LogP) is 2.29. The zero-order valence-electron chi connectivity index (χ0n) is 9.93. The summed E-state index contributed by atoms with van der Waals surface area (Å²) in [6.45, 7) is 3.82. The topological polar surface area (TPSA) is 43.4 Å². The van der Waals surface area contributed by atoms with Gasteiger partial charge in [-0.15, -0.1) is 0 Å². The Bertz CT molecular complexity index is 437. The number of hydrogen-bond donors (Lipinski definition) is 0. The molecule has 0 bridgehead atoms. The number of hydrogen-bond acceptors (Lipinski definition) is 3. The fraction of sp³-hybridized carbons (Fsp3) is 0.500. The molecule has 0 aromatic heterocycles. The molecule has 0 amide bonds. The van der Waals surface area contributed by atoms with Crippen molar-refractivity contribution in [2.75, 3.05) is 6.26 Å². The van der Waals surface area contributed by atoms with Crippen molar-refractivity contribution in [1.29, 1.82) is 0 Å². The molecular weight excluding hydrogens is 224 g/mol. The molecule has 0 spiro atoms. The lowest BCUT2D eigenvalue weighted by atomic mass is 10.1. The van der Waals surface area contributed by atoms with Crippen molar-refractivity contribution in [1.82, 2.24) is 0 Å². The molecule has 16 heavy (non-hydrogen) atoms. The first-order valence-corrected chi connectivity index (χ1v) is 7.12. The molecular formula is C12H18O3S. The SMILES string of the molecule is Cc1cccc(CCC(C)OS(C)(=O)=O)c1. The van der Waals surface area contributed by atoms with Crippen molar-refractivity contribution < 1.29 is 12.6 Å². The number of benzene rings is 1. The van der Waals surface area contributed by atoms with Crippen molar-refractivity contribution in [2.45, 2.75) is 32.8 Å². The van der Waals surface area contributed by atoms with Gasteiger partial charge in [0.05, 0.1) is 12.4 Å². The smallest absolute Gasteiger partial charge is 0.264 e. The summed E-state index contributed by atoms with van der Waals surface area (Å²) in [5.74, 6) is 0. The monoisotopic (exact) mass is 242 g/mol. The Hall–Kier alpha value is -0.870. The van der Waals surface area contributed by atoms with E-state index < -0.39 is 10.1 Å². The molecule has 1 aromatic carbocycles. The van der Waals surface area contributed by atoms with E-state index in [1.165, 1.54) is 11.1 Å². The van der Waals surface area contributed by atoms with E-state index in [1.54, 1.807) is 6.92 Å². The van der Waals surface area contributed by atoms with E-state index in [-0.39, 0.29) is 6.10 Å². The van der Waals surface area contributed by atoms with Gasteiger partial charge in [-0.3, -0.25) is 4.18 Å². The maximum atomic E-state index is 10.9. The third-order valence-corrected chi connectivity index (χ3v) is 2.94. The molecule has 1 atom stereocenters. The maximum absolute atomic E-state index is 10.9. The second-order valence-electron chi connectivity index (χ2n) is 4.14. The normalized spacial score (nSPS) is 13.7. The highest BCUT2D eigenvalue weighted by atomic mass is 32.2. The summed E-state index contributed by atoms with van der Waals surface area (Å²) in [5.41, 5.74) is 2.43. The first kappa shape index (κ1) is 13.2. The van der Waals surface area contributed by atoms with Gasteiger partial charge in [-0.25, -0.2) is 0 Å². The number of aryl methyl sites for hydroxylation is 2. The molecule has 1 unspecified atom stereocenters. The fourth-order valence-electron chi connectivity index (χ4n) is 1.58. The largest absolute Gasteiger partial charge is 0.267 e. The van der Waals surface area contributed by atoms with Crippen LogP contribution in [0.1, 0.15) is 24.5 Å². The van der Waals surface area contributed by atoms with Crippen molar-refractivity contribution in [3.8, 4) is 0 Å². The summed E-state index contributed by atoms with van der Waals surface area (Å²) in [5, 5.41) is 0. The molecule has 0 saturated carbocycles. The Labute approximate surface area is 97.6 Å². The van der Waals surface area contributed by atoms with Crippen LogP contribution < -0.4 is 0 Å². The standard InChI is InChI=1S/C12H18O3S/c1-10-5-4-6-12(9-10)8-7-11(2)15-16(3,13)14/h4-6,9,11H,7-8H2,1-3H3. The second kappa shape index (κ2) is 5.46. The van der Waals surface area contributed by atoms with Crippen LogP contribution >= 0.6 is 0 Å². The van der Waals surface area contributed by atoms with E-state index in [1.807, 2.05) is 25.1 Å². The van der Waals surface area contributed by atoms with Crippen LogP contribution in [0.5, 0.6) is 0 Å². The lowest BCUT2D eigenvalue weighted by molar-refractivity contribution is 0.221. The Kier molecular flexibility index (Phi) is 4.50. The van der Waals surface area contributed by atoms with E-state index in [0.29, 0.717) is 6.42 Å². The van der Waals surface area contributed by atoms with Crippen molar-refractivity contribution in [3.63, 3.8) is 0 Å². The van der Waals surface area contributed by atoms with E-state index in [0.717, 1.165) is 12.7 Å². The molecule has 90 valence electrons. The molecule has 0 aliphatic carbocycles. The van der Waals surface area contributed by atoms with Crippen LogP contribution in [0.3, 0.4) is 0 Å². The molecule has 0 saturated heterocycles. The second-order valence-corrected chi connectivity index (χ2v) is 5.74. The van der Waals surface area contributed by atoms with Gasteiger partial charge in [0.2, 0.25) is 0 Å². The Balaban J connectivity index is 2.46. The van der Waals surface area contributed by atoms with Crippen LogP contribution in [0.4, 0.5) is 0 Å². The molecule has 0 fully saturated rings. The van der Waals surface area contributed by atoms with Crippen molar-refractivity contribution in [2.24, 2.45) is 0 Å². The van der Waals surface area contributed by atoms with Gasteiger partial charge < -0.3 is 0 Å². The first-order chi connectivity index (χ1) is 7.37. The molecule has 0 N–H and O–H groups in total. The average Bonchev–Trinajstić information content (AvgIpc) is 2.12. The quantitative estimate of drug-likeness (QED) is 0.744. The first-order valence-electron chi connectivity index (χ1n) is 5.30. The van der Waals surface area contributed by atoms with Crippen LogP contribution in [0, 0.1) is 6.92 Å². The number of rotatable bonds is 5. The Morgan fingerprint density at radius 2 is 2.06 bits per heavy atom. The van der Waals surface area contributed by atoms with Gasteiger partial charge in [0.25, 0.3) is 10.1 Å². The van der Waals surface area contributed by atoms with Crippen LogP contribution in [0.15, 0.2) is 24.3 Å². The highest BCUT2D eigenvalue weighted by Crippen LogP contribution is 2.10. The molecule has 1 rings (SSSR count). The van der Waals surface area contributed by atoms with Crippen LogP contribution in [-0.2, 0) is 20.7 Å². The molecule has 0 aliphatic heterocycles. The summed E-state index contributed by atoms with van der Waals surface area (Å²) < 4.78 is 26.6. The summed E-state index contributed by atoms with van der Waals surface area (Å²) in [4.78, 5) is 0. The molecule has 0 aliphatic rings. The van der Waals surface area contributed by atoms with Crippen molar-refractivity contribution >= 4 is 10.1 Å². The summed E-state index contributed by atoms with van der Waals surface area (Å²) in [6, 6.07) is 8.19. The predicted molar refractivity (Wildman–Crippen MR) is 64.9 cm³/mol. The molecule has 0 heterocycles. The molecule has 0 radical (unpaired) electrons. The molecule has 3 nitrogen and oxygen atoms in total. The van der Waals surface area contributed by atoms with Gasteiger partial charge in [-0.05, 0) is 32.3 Å². The maximum Gasteiger partial charge on any atom is 0.264 e. The van der Waals surface area contributed by atoms with E-state index in [4.69, 9.17) is 4.18 Å². The van der Waals surface area contributed by atoms with Crippen LogP contribution in [-0.4, -0.2) is 20.8 Å². The van der Waals surface area contributed by atoms with E-state index >= 15 is 0 Å². The van der Waals surface area contributed by atoms with Gasteiger partial charge in [0.15, 0.2) is 0 Å². The Morgan fingerprint density at radius 1 is 1.38 bits per heavy atom. The third kappa shape index (κ3) is 5.28. The highest BCUT2D eigenvalue weighted by Gasteiger charge is 2.10. The highest BCUT2D eigenvalue weighted by molar-refractivity contribution is 7.86. The van der Waals surface area contributed by atoms with Crippen LogP contribution in [0.25, 0.3) is 0 Å². The fourth-order valence-corrected chi connectivity index (χ4v) is 2.28. The summed E-state index contributed by atoms with van der Waals surface area (Å²) >= 11 is 0. The van der Waals surface area contributed by atoms with Gasteiger partial charge in [-0.1, -0.05) is 29.8 Å². The molecule has 1 aromatic rings. The zero-order chi connectivity index (χ0) is 12.2. The zero-order valence-corrected chi connectivity index (χ0v) is 10.8. The van der Waals surface area contributed by atoms with Gasteiger partial charge in [0, 0.05) is 0 Å². The minimum atomic E-state index is -3.34. The minimum absolute atomic E-state index is 0.268. The molecule has 4 heteroatoms. The van der Waals surface area contributed by atoms with Gasteiger partial charge in [0.1, 0.15) is 0 Å². The Morgan fingerprint density at radius 3 is 2.62 bits per heavy atom.